The Balaban J connectivity index is 1.11. The van der Waals surface area contributed by atoms with Gasteiger partial charge in [0.15, 0.2) is 0 Å². The molecule has 0 saturated carbocycles. The van der Waals surface area contributed by atoms with Gasteiger partial charge in [-0.2, -0.15) is 52.7 Å². The molecule has 0 aromatic heterocycles. The van der Waals surface area contributed by atoms with Crippen LogP contribution in [0, 0.1) is 0 Å². The van der Waals surface area contributed by atoms with Crippen LogP contribution < -0.4 is 23.0 Å². The highest BCUT2D eigenvalue weighted by atomic mass is 31.3. The van der Waals surface area contributed by atoms with Crippen LogP contribution in [0.3, 0.4) is 0 Å². The van der Waals surface area contributed by atoms with E-state index in [1.54, 1.807) is 109 Å². The molecule has 0 amide bonds. The van der Waals surface area contributed by atoms with E-state index < -0.39 is 96.2 Å². The van der Waals surface area contributed by atoms with Gasteiger partial charge in [-0.25, -0.2) is 9.13 Å². The summed E-state index contributed by atoms with van der Waals surface area (Å²) >= 11 is 0. The summed E-state index contributed by atoms with van der Waals surface area (Å²) in [5.41, 5.74) is -8.47. The molecule has 89 heavy (non-hydrogen) atoms. The van der Waals surface area contributed by atoms with Crippen LogP contribution in [0.2, 0.25) is 0 Å². The van der Waals surface area contributed by atoms with Crippen LogP contribution in [-0.2, 0) is 33.8 Å². The molecule has 2 aliphatic heterocycles. The Morgan fingerprint density at radius 3 is 0.742 bits per heavy atom. The Hall–Kier alpha value is -9.54. The van der Waals surface area contributed by atoms with Crippen LogP contribution in [0.4, 0.5) is 52.7 Å². The monoisotopic (exact) mass is 1250 g/mol. The standard InChI is InChI=1S/C68H37F12NO6P2/c69-65(70,71)45-27-43(28-46(35-45)66(72,73)74)55-33-41-21-9-13-25-51(41)59-60-52-26-14-10-22-42(52)34-56(44-29-47(67(75,76)77)36-48(30-44)68(78,79)80)64(60)87-89(83,86-63(55)59)81-88(82)84-61-53(37-15-3-1-4-16-37)31-39-19-7-11-23-49(39)57(61)58-50-24-12-8-20-40(50)32-54(62(58)85-88)38-17-5-2-6-18-38/h1-36H,(H,81,82,83). The minimum atomic E-state index is -6.05. The highest BCUT2D eigenvalue weighted by molar-refractivity contribution is 7.68. The first-order valence-electron chi connectivity index (χ1n) is 27.0. The van der Waals surface area contributed by atoms with Crippen molar-refractivity contribution in [3.05, 3.63) is 241 Å². The maximum Gasteiger partial charge on any atom is 0.524 e. The predicted molar refractivity (Wildman–Crippen MR) is 316 cm³/mol. The van der Waals surface area contributed by atoms with E-state index >= 15 is 9.13 Å². The second-order valence-corrected chi connectivity index (χ2v) is 24.7. The van der Waals surface area contributed by atoms with Crippen LogP contribution in [0.25, 0.3) is 110 Å². The molecule has 2 heterocycles. The van der Waals surface area contributed by atoms with Crippen molar-refractivity contribution in [2.45, 2.75) is 24.7 Å². The van der Waals surface area contributed by atoms with Gasteiger partial charge in [0.1, 0.15) is 23.0 Å². The van der Waals surface area contributed by atoms with Crippen LogP contribution in [0.5, 0.6) is 23.0 Å². The highest BCUT2D eigenvalue weighted by Gasteiger charge is 2.50. The second-order valence-electron chi connectivity index (χ2n) is 21.2. The second kappa shape index (κ2) is 20.5. The van der Waals surface area contributed by atoms with Gasteiger partial charge in [-0.15, -0.1) is 0 Å². The SMILES string of the molecule is O=P1(NP2(=O)Oc3c(-c4cc(C(F)(F)F)cc(C(F)(F)F)c4)cc4ccccc4c3-c3c(c(-c4cc(C(F)(F)F)cc(C(F)(F)F)c4)cc4ccccc34)O2)Oc2c(-c3ccccc3)cc3ccccc3c2-c2c(c(-c3ccccc3)cc3ccccc23)O1. The van der Waals surface area contributed by atoms with Gasteiger partial charge in [0.05, 0.1) is 22.3 Å². The lowest BCUT2D eigenvalue weighted by Crippen LogP contribution is -2.21. The number of rotatable bonds is 6. The minimum absolute atomic E-state index is 0.0464. The van der Waals surface area contributed by atoms with Gasteiger partial charge >= 0.3 is 40.2 Å². The van der Waals surface area contributed by atoms with Gasteiger partial charge in [-0.05, 0) is 126 Å². The summed E-state index contributed by atoms with van der Waals surface area (Å²) in [6, 6.07) is 50.5. The van der Waals surface area contributed by atoms with Crippen molar-refractivity contribution in [1.82, 2.24) is 4.86 Å². The van der Waals surface area contributed by atoms with E-state index in [-0.39, 0.29) is 56.3 Å². The zero-order chi connectivity index (χ0) is 62.2. The lowest BCUT2D eigenvalue weighted by molar-refractivity contribution is -0.144. The first kappa shape index (κ1) is 57.2. The Labute approximate surface area is 496 Å². The van der Waals surface area contributed by atoms with Gasteiger partial charge in [-0.1, -0.05) is 163 Å². The molecule has 7 nitrogen and oxygen atoms in total. The molecule has 0 aliphatic carbocycles. The Morgan fingerprint density at radius 2 is 0.494 bits per heavy atom. The van der Waals surface area contributed by atoms with Gasteiger partial charge in [0, 0.05) is 44.5 Å². The number of hydrogen-bond donors (Lipinski definition) is 1. The fraction of sp³-hybridized carbons (Fsp3) is 0.0588. The number of hydrogen-bond acceptors (Lipinski definition) is 6. The molecule has 0 atom stereocenters. The van der Waals surface area contributed by atoms with Gasteiger partial charge in [0.25, 0.3) is 0 Å². The molecule has 0 bridgehead atoms. The normalized spacial score (nSPS) is 14.5. The summed E-state index contributed by atoms with van der Waals surface area (Å²) in [6.07, 6.45) is -21.7. The lowest BCUT2D eigenvalue weighted by atomic mass is 9.85. The third kappa shape index (κ3) is 10.2. The first-order chi connectivity index (χ1) is 42.3. The van der Waals surface area contributed by atoms with Crippen molar-refractivity contribution in [3.63, 3.8) is 0 Å². The molecule has 14 rings (SSSR count). The van der Waals surface area contributed by atoms with E-state index in [4.69, 9.17) is 18.1 Å². The Kier molecular flexibility index (Phi) is 13.2. The van der Waals surface area contributed by atoms with Crippen LogP contribution >= 0.6 is 15.5 Å². The summed E-state index contributed by atoms with van der Waals surface area (Å²) in [6.45, 7) is 0. The molecule has 0 fully saturated rings. The number of benzene rings is 12. The third-order valence-corrected chi connectivity index (χ3v) is 19.2. The van der Waals surface area contributed by atoms with Crippen LogP contribution in [0.15, 0.2) is 218 Å². The molecule has 21 heteroatoms. The summed E-state index contributed by atoms with van der Waals surface area (Å²) in [5, 5.41) is 2.62. The van der Waals surface area contributed by atoms with Gasteiger partial charge < -0.3 is 18.1 Å². The third-order valence-electron chi connectivity index (χ3n) is 15.6. The highest BCUT2D eigenvalue weighted by Crippen LogP contribution is 2.69. The van der Waals surface area contributed by atoms with E-state index in [2.05, 4.69) is 4.86 Å². The quantitative estimate of drug-likeness (QED) is 0.131. The van der Waals surface area contributed by atoms with E-state index in [1.807, 2.05) is 12.1 Å². The first-order valence-corrected chi connectivity index (χ1v) is 30.1. The van der Waals surface area contributed by atoms with Crippen molar-refractivity contribution >= 4 is 58.6 Å². The van der Waals surface area contributed by atoms with Gasteiger partial charge in [-0.3, -0.25) is 0 Å². The molecule has 444 valence electrons. The van der Waals surface area contributed by atoms with Crippen molar-refractivity contribution in [2.75, 3.05) is 0 Å². The summed E-state index contributed by atoms with van der Waals surface area (Å²) in [4.78, 5) is 2.41. The topological polar surface area (TPSA) is 83.1 Å². The minimum Gasteiger partial charge on any atom is -0.403 e. The summed E-state index contributed by atoms with van der Waals surface area (Å²) in [7, 11) is -11.7. The number of nitrogens with one attached hydrogen (secondary N) is 1. The number of fused-ring (bicyclic) bond motifs is 14. The van der Waals surface area contributed by atoms with E-state index in [0.717, 1.165) is 12.1 Å². The summed E-state index contributed by atoms with van der Waals surface area (Å²) < 4.78 is 240. The van der Waals surface area contributed by atoms with E-state index in [0.29, 0.717) is 79.2 Å². The van der Waals surface area contributed by atoms with E-state index in [9.17, 15) is 52.7 Å². The van der Waals surface area contributed by atoms with E-state index in [1.165, 1.54) is 48.5 Å². The van der Waals surface area contributed by atoms with Gasteiger partial charge in [0.2, 0.25) is 0 Å². The number of alkyl halides is 12. The summed E-state index contributed by atoms with van der Waals surface area (Å²) in [5.74, 6) is -1.90. The fourth-order valence-corrected chi connectivity index (χ4v) is 15.4. The van der Waals surface area contributed by atoms with Crippen molar-refractivity contribution in [2.24, 2.45) is 0 Å². The fourth-order valence-electron chi connectivity index (χ4n) is 11.7. The smallest absolute Gasteiger partial charge is 0.403 e. The zero-order valence-electron chi connectivity index (χ0n) is 45.2. The number of halogens is 12. The molecule has 0 unspecified atom stereocenters. The lowest BCUT2D eigenvalue weighted by Gasteiger charge is -2.26. The van der Waals surface area contributed by atoms with Crippen LogP contribution in [0.1, 0.15) is 22.3 Å². The molecule has 1 N–H and O–H groups in total. The predicted octanol–water partition coefficient (Wildman–Crippen LogP) is 22.4. The molecule has 12 aromatic carbocycles. The van der Waals surface area contributed by atoms with Crippen molar-refractivity contribution in [3.8, 4) is 89.8 Å². The maximum atomic E-state index is 17.1. The largest absolute Gasteiger partial charge is 0.524 e. The van der Waals surface area contributed by atoms with Crippen molar-refractivity contribution in [1.29, 1.82) is 0 Å². The molecule has 2 aliphatic rings. The molecule has 12 aromatic rings. The Morgan fingerprint density at radius 1 is 0.270 bits per heavy atom. The van der Waals surface area contributed by atoms with Crippen LogP contribution in [-0.4, -0.2) is 0 Å². The molecular formula is C68H37F12NO6P2. The molecule has 0 spiro atoms. The molecule has 0 saturated heterocycles. The molecular weight excluding hydrogens is 1220 g/mol. The zero-order valence-corrected chi connectivity index (χ0v) is 47.0. The van der Waals surface area contributed by atoms with Crippen molar-refractivity contribution < 1.29 is 79.9 Å². The maximum absolute atomic E-state index is 17.1. The molecule has 0 radical (unpaired) electrons. The average molecular weight is 1250 g/mol. The average Bonchev–Trinajstić information content (AvgIpc) is 1.76. The Bertz CT molecular complexity index is 4660.